The van der Waals surface area contributed by atoms with Crippen molar-refractivity contribution >= 4 is 107 Å². The quantitative estimate of drug-likeness (QED) is 0.0133. The van der Waals surface area contributed by atoms with Crippen LogP contribution in [0, 0.1) is 70.0 Å². The lowest BCUT2D eigenvalue weighted by Gasteiger charge is -2.62. The monoisotopic (exact) mass is 2030 g/mol. The minimum absolute atomic E-state index is 0.0193. The summed E-state index contributed by atoms with van der Waals surface area (Å²) in [6.07, 6.45) is 1.85. The van der Waals surface area contributed by atoms with Crippen LogP contribution in [0.4, 0.5) is 9.18 Å². The molecule has 6 N–H and O–H groups in total. The number of carbonyl (C=O) groups excluding carboxylic acids is 18. The molecular formula is C102H164FN11O29. The molecule has 0 bridgehead atoms. The molecule has 0 spiro atoms. The predicted molar refractivity (Wildman–Crippen MR) is 521 cm³/mol. The number of allylic oxidation sites excluding steroid dienone is 6. The maximum absolute atomic E-state index is 17.6. The van der Waals surface area contributed by atoms with Crippen LogP contribution in [0.15, 0.2) is 36.0 Å². The van der Waals surface area contributed by atoms with Gasteiger partial charge in [0.2, 0.25) is 77.6 Å². The van der Waals surface area contributed by atoms with Gasteiger partial charge in [-0.1, -0.05) is 135 Å². The van der Waals surface area contributed by atoms with E-state index in [1.54, 1.807) is 81.4 Å². The Labute approximate surface area is 842 Å². The van der Waals surface area contributed by atoms with Gasteiger partial charge in [-0.15, -0.1) is 0 Å². The van der Waals surface area contributed by atoms with E-state index in [4.69, 9.17) is 42.6 Å². The predicted octanol–water partition coefficient (Wildman–Crippen LogP) is 6.09. The van der Waals surface area contributed by atoms with E-state index in [0.717, 1.165) is 19.6 Å². The lowest BCUT2D eigenvalue weighted by Crippen LogP contribution is -2.69. The standard InChI is InChI=1S/C102H164FN11O29/c1-28-30-31-64(15)87(143-98(133)142-57-141-83(122)37-35-81(120)139-47-45-137-43-41-135-40-42-136-44-46-138-80(119)34-36-82(121)140-56-78(117)102(134)65(16)52-71-70-33-32-68-53-69(115)38-39-99(68,19)101(70,103)77(116)54-100(71,102)20)86-91(126)106-72(29-2)93(128)108(21)55-79(118)109(22)73(48-58(3)4)90(125)107-84(62(11)12)96(131)110(23)74(49-59(5)6)89(124)104-66(17)88(123)105-67(18)92(127)111(24)75(50-60(7)8)94(129)112(25)76(51-61(9)10)95(130)113(26)85(63(13)14)97(132)114(86)27/h28,30,38-39,53,58-67,70-77,84-87,116,134H,29,31-37,40-52,54-57H2,1-27H3,(H,104,124)(H,105,123)(H,106,126)(H,107,125)/b30-28+/t64-,65-,66?,67?,70?,71-,72?,73+,74?,75?,76?,77+,84?,85?,86?,87-,99+,100+,101+,102+/m1/s1. The second-order valence-electron chi connectivity index (χ2n) is 41.7. The molecule has 0 aromatic rings. The Morgan fingerprint density at radius 1 is 0.517 bits per heavy atom. The highest BCUT2D eigenvalue weighted by molar-refractivity contribution is 6.02. The van der Waals surface area contributed by atoms with E-state index in [2.05, 4.69) is 21.3 Å². The van der Waals surface area contributed by atoms with Gasteiger partial charge in [0.15, 0.2) is 18.1 Å². The van der Waals surface area contributed by atoms with Crippen molar-refractivity contribution in [2.45, 2.75) is 312 Å². The fourth-order valence-corrected chi connectivity index (χ4v) is 20.2. The van der Waals surface area contributed by atoms with E-state index < -0.39 is 270 Å². The highest BCUT2D eigenvalue weighted by Gasteiger charge is 2.76. The third kappa shape index (κ3) is 32.1. The molecule has 143 heavy (non-hydrogen) atoms. The number of aliphatic hydroxyl groups is 2. The van der Waals surface area contributed by atoms with E-state index >= 15 is 23.6 Å². The number of hydrogen-bond donors (Lipinski definition) is 6. The maximum Gasteiger partial charge on any atom is 0.511 e. The molecule has 0 aromatic carbocycles. The number of halogens is 1. The van der Waals surface area contributed by atoms with Crippen LogP contribution >= 0.6 is 0 Å². The molecule has 808 valence electrons. The number of likely N-dealkylation sites (N-methyl/N-ethyl adjacent to an activating group) is 7. The lowest BCUT2D eigenvalue weighted by molar-refractivity contribution is -0.220. The van der Waals surface area contributed by atoms with E-state index in [-0.39, 0.29) is 140 Å². The molecule has 40 nitrogen and oxygen atoms in total. The number of ether oxygens (including phenoxy) is 9. The van der Waals surface area contributed by atoms with Crippen LogP contribution in [-0.2, 0) is 124 Å². The van der Waals surface area contributed by atoms with E-state index in [1.807, 2.05) is 55.4 Å². The number of amides is 11. The van der Waals surface area contributed by atoms with Crippen molar-refractivity contribution in [1.82, 2.24) is 55.6 Å². The SMILES string of the molecule is C/C=C/C[C@@H](C)[C@@H](OC(=O)OCOC(=O)CCC(=O)OCCOCCOCCOCCOC(=O)CCC(=O)OCC(=O)[C@@]1(O)[C@H](C)C[C@@H]2C3CCC4=CC(=O)C=C[C@]4(C)[C@@]3(F)[C@@H](O)C[C@@]21C)C1C(=O)NC(CC)C(=O)N(C)CC(=O)N(C)[C@@H](CC(C)C)C(=O)NC(C(C)C)C(=O)N(C)C(CC(C)C)C(=O)NC(C)C(=O)NC(C)C(=O)N(C)C(CC(C)C)C(=O)N(C)C(CC(C)C)C(=O)N(C)C(C(C)C)C(=O)N1C. The van der Waals surface area contributed by atoms with Crippen LogP contribution in [0.3, 0.4) is 0 Å². The van der Waals surface area contributed by atoms with Gasteiger partial charge < -0.3 is 108 Å². The first-order valence-corrected chi connectivity index (χ1v) is 50.2. The molecule has 3 saturated carbocycles. The number of rotatable bonds is 39. The summed E-state index contributed by atoms with van der Waals surface area (Å²) in [7, 11) is 9.42. The topological polar surface area (TPSA) is 502 Å². The molecule has 41 heteroatoms. The number of fused-ring (bicyclic) bond motifs is 5. The average molecular weight is 2030 g/mol. The minimum Gasteiger partial charge on any atom is -0.463 e. The Balaban J connectivity index is 1.23. The summed E-state index contributed by atoms with van der Waals surface area (Å²) in [6, 6.07) is -13.8. The van der Waals surface area contributed by atoms with Gasteiger partial charge in [0, 0.05) is 66.1 Å². The zero-order chi connectivity index (χ0) is 108. The summed E-state index contributed by atoms with van der Waals surface area (Å²) < 4.78 is 66.1. The Hall–Kier alpha value is -10.4. The van der Waals surface area contributed by atoms with Gasteiger partial charge in [-0.2, -0.15) is 0 Å². The molecule has 5 aliphatic rings. The van der Waals surface area contributed by atoms with Crippen LogP contribution in [0.5, 0.6) is 0 Å². The first-order valence-electron chi connectivity index (χ1n) is 50.2. The number of carbonyl (C=O) groups is 18. The first-order chi connectivity index (χ1) is 66.8. The molecule has 10 unspecified atom stereocenters. The van der Waals surface area contributed by atoms with E-state index in [1.165, 1.54) is 96.1 Å². The number of alkyl halides is 1. The number of aliphatic hydroxyl groups excluding tert-OH is 1. The minimum atomic E-state index is -2.17. The van der Waals surface area contributed by atoms with Gasteiger partial charge in [0.1, 0.15) is 85.3 Å². The summed E-state index contributed by atoms with van der Waals surface area (Å²) in [5.74, 6) is -18.3. The molecule has 0 aromatic heterocycles. The Bertz CT molecular complexity index is 4520. The molecule has 1 aliphatic heterocycles. The third-order valence-corrected chi connectivity index (χ3v) is 28.5. The summed E-state index contributed by atoms with van der Waals surface area (Å²) in [5.41, 5.74) is -6.18. The molecule has 11 amide bonds. The van der Waals surface area contributed by atoms with E-state index in [9.17, 15) is 77.3 Å². The number of nitrogens with one attached hydrogen (secondary N) is 4. The molecule has 1 heterocycles. The van der Waals surface area contributed by atoms with Crippen LogP contribution in [-0.4, -0.2) is 357 Å². The van der Waals surface area contributed by atoms with Crippen molar-refractivity contribution in [3.8, 4) is 0 Å². The van der Waals surface area contributed by atoms with Crippen molar-refractivity contribution in [3.05, 3.63) is 36.0 Å². The molecule has 4 aliphatic carbocycles. The Morgan fingerprint density at radius 3 is 1.48 bits per heavy atom. The number of esters is 4. The summed E-state index contributed by atoms with van der Waals surface area (Å²) in [4.78, 5) is 264. The van der Waals surface area contributed by atoms with Crippen LogP contribution in [0.25, 0.3) is 0 Å². The normalized spacial score (nSPS) is 28.6. The number of hydrogen-bond acceptors (Lipinski definition) is 29. The van der Waals surface area contributed by atoms with Gasteiger partial charge in [-0.05, 0) is 157 Å². The molecule has 0 radical (unpaired) electrons. The molecule has 5 rings (SSSR count). The second kappa shape index (κ2) is 55.8. The van der Waals surface area contributed by atoms with Crippen LogP contribution in [0.2, 0.25) is 0 Å². The van der Waals surface area contributed by atoms with Gasteiger partial charge in [0.25, 0.3) is 0 Å². The van der Waals surface area contributed by atoms with Gasteiger partial charge in [0.05, 0.1) is 78.0 Å². The average Bonchev–Trinajstić information content (AvgIpc) is 1.56. The number of nitrogens with zero attached hydrogens (tertiary/aromatic N) is 7. The van der Waals surface area contributed by atoms with Crippen molar-refractivity contribution < 1.29 is 144 Å². The smallest absolute Gasteiger partial charge is 0.463 e. The van der Waals surface area contributed by atoms with Crippen LogP contribution < -0.4 is 21.3 Å². The number of ketones is 2. The molecule has 4 fully saturated rings. The molecule has 1 saturated heterocycles. The largest absolute Gasteiger partial charge is 0.511 e. The van der Waals surface area contributed by atoms with Crippen LogP contribution in [0.1, 0.15) is 228 Å². The summed E-state index contributed by atoms with van der Waals surface area (Å²) >= 11 is 0. The van der Waals surface area contributed by atoms with Crippen molar-refractivity contribution in [2.75, 3.05) is 122 Å². The van der Waals surface area contributed by atoms with Gasteiger partial charge >= 0.3 is 30.0 Å². The maximum atomic E-state index is 17.6. The van der Waals surface area contributed by atoms with Crippen molar-refractivity contribution in [1.29, 1.82) is 0 Å². The van der Waals surface area contributed by atoms with Crippen molar-refractivity contribution in [2.24, 2.45) is 70.0 Å². The molecular weight excluding hydrogens is 1860 g/mol. The Morgan fingerprint density at radius 2 is 0.979 bits per heavy atom. The second-order valence-corrected chi connectivity index (χ2v) is 41.7. The third-order valence-electron chi connectivity index (χ3n) is 28.5. The zero-order valence-electron chi connectivity index (χ0n) is 89.2. The van der Waals surface area contributed by atoms with E-state index in [0.29, 0.717) is 18.4 Å². The van der Waals surface area contributed by atoms with Crippen molar-refractivity contribution in [3.63, 3.8) is 0 Å². The highest BCUT2D eigenvalue weighted by atomic mass is 19.1. The Kier molecular flexibility index (Phi) is 48.0. The fraction of sp³-hybridized carbons (Fsp3) is 0.765. The van der Waals surface area contributed by atoms with Gasteiger partial charge in [-0.3, -0.25) is 81.5 Å². The first kappa shape index (κ1) is 123. The van der Waals surface area contributed by atoms with Gasteiger partial charge in [-0.25, -0.2) is 9.18 Å². The summed E-state index contributed by atoms with van der Waals surface area (Å²) in [5, 5.41) is 34.8. The highest BCUT2D eigenvalue weighted by Crippen LogP contribution is 2.71. The molecule has 20 atom stereocenters. The lowest BCUT2D eigenvalue weighted by atomic mass is 9.44. The summed E-state index contributed by atoms with van der Waals surface area (Å²) in [6.45, 7) is 31.2. The zero-order valence-corrected chi connectivity index (χ0v) is 89.2. The fourth-order valence-electron chi connectivity index (χ4n) is 20.2. The number of Topliss-reactive ketones (excluding diaryl/α,β-unsaturated/α-hetero) is 1.